The number of benzene rings is 3. The number of ether oxygens (including phenoxy) is 1. The average Bonchev–Trinajstić information content (AvgIpc) is 2.81. The first-order chi connectivity index (χ1) is 16.1. The van der Waals surface area contributed by atoms with E-state index in [2.05, 4.69) is 45.0 Å². The second-order valence-electron chi connectivity index (χ2n) is 9.59. The first kappa shape index (κ1) is 25.0. The van der Waals surface area contributed by atoms with Crippen molar-refractivity contribution in [3.8, 4) is 16.9 Å². The fraction of sp³-hybridized carbons (Fsp3) is 0.310. The lowest BCUT2D eigenvalue weighted by Gasteiger charge is -2.19. The van der Waals surface area contributed by atoms with E-state index >= 15 is 0 Å². The lowest BCUT2D eigenvalue weighted by atomic mass is 9.87. The standard InChI is InChI=1S/C29H32O5/c1-5-20(27(30)31)15-24-17-22(21-7-6-8-23(16-21)28(32)33)11-14-26(24)34-18-19-9-12-25(13-10-19)29(2,3)4/h6-14,16-17,20H,5,15,18H2,1-4H3,(H,30,31)(H,32,33). The zero-order chi connectivity index (χ0) is 24.9. The van der Waals surface area contributed by atoms with Gasteiger partial charge in [-0.1, -0.05) is 70.2 Å². The number of rotatable bonds is 9. The highest BCUT2D eigenvalue weighted by Crippen LogP contribution is 2.31. The van der Waals surface area contributed by atoms with Crippen molar-refractivity contribution in [1.82, 2.24) is 0 Å². The SMILES string of the molecule is CCC(Cc1cc(-c2cccc(C(=O)O)c2)ccc1OCc1ccc(C(C)(C)C)cc1)C(=O)O. The number of aliphatic carboxylic acids is 1. The summed E-state index contributed by atoms with van der Waals surface area (Å²) < 4.78 is 6.14. The van der Waals surface area contributed by atoms with Crippen LogP contribution in [-0.2, 0) is 23.2 Å². The van der Waals surface area contributed by atoms with Crippen LogP contribution in [0.5, 0.6) is 5.75 Å². The fourth-order valence-corrected chi connectivity index (χ4v) is 3.82. The Hall–Kier alpha value is -3.60. The van der Waals surface area contributed by atoms with Gasteiger partial charge in [-0.05, 0) is 70.3 Å². The quantitative estimate of drug-likeness (QED) is 0.377. The Morgan fingerprint density at radius 3 is 2.18 bits per heavy atom. The Balaban J connectivity index is 1.90. The lowest BCUT2D eigenvalue weighted by Crippen LogP contribution is -2.16. The molecular formula is C29H32O5. The predicted octanol–water partition coefficient (Wildman–Crippen LogP) is 6.58. The van der Waals surface area contributed by atoms with E-state index in [1.54, 1.807) is 18.2 Å². The van der Waals surface area contributed by atoms with Gasteiger partial charge in [0.05, 0.1) is 11.5 Å². The van der Waals surface area contributed by atoms with Crippen molar-refractivity contribution in [2.75, 3.05) is 0 Å². The van der Waals surface area contributed by atoms with Crippen LogP contribution in [0.15, 0.2) is 66.7 Å². The molecular weight excluding hydrogens is 428 g/mol. The molecule has 1 atom stereocenters. The Kier molecular flexibility index (Phi) is 7.77. The third kappa shape index (κ3) is 6.25. The van der Waals surface area contributed by atoms with Crippen LogP contribution in [0.4, 0.5) is 0 Å². The summed E-state index contributed by atoms with van der Waals surface area (Å²) >= 11 is 0. The largest absolute Gasteiger partial charge is 0.489 e. The number of carboxylic acid groups (broad SMARTS) is 2. The molecule has 0 aromatic heterocycles. The molecule has 0 saturated heterocycles. The third-order valence-corrected chi connectivity index (χ3v) is 6.03. The molecule has 2 N–H and O–H groups in total. The molecule has 5 heteroatoms. The van der Waals surface area contributed by atoms with Crippen molar-refractivity contribution >= 4 is 11.9 Å². The van der Waals surface area contributed by atoms with Gasteiger partial charge >= 0.3 is 11.9 Å². The fourth-order valence-electron chi connectivity index (χ4n) is 3.82. The maximum absolute atomic E-state index is 11.7. The highest BCUT2D eigenvalue weighted by molar-refractivity contribution is 5.89. The van der Waals surface area contributed by atoms with Crippen molar-refractivity contribution in [3.63, 3.8) is 0 Å². The maximum atomic E-state index is 11.7. The highest BCUT2D eigenvalue weighted by atomic mass is 16.5. The normalized spacial score (nSPS) is 12.2. The van der Waals surface area contributed by atoms with Crippen molar-refractivity contribution < 1.29 is 24.5 Å². The lowest BCUT2D eigenvalue weighted by molar-refractivity contribution is -0.141. The van der Waals surface area contributed by atoms with Gasteiger partial charge in [0.15, 0.2) is 0 Å². The Morgan fingerprint density at radius 1 is 0.912 bits per heavy atom. The van der Waals surface area contributed by atoms with Crippen LogP contribution < -0.4 is 4.74 Å². The number of carboxylic acids is 2. The minimum absolute atomic E-state index is 0.0757. The maximum Gasteiger partial charge on any atom is 0.335 e. The van der Waals surface area contributed by atoms with Crippen LogP contribution in [0.3, 0.4) is 0 Å². The molecule has 0 heterocycles. The van der Waals surface area contributed by atoms with Gasteiger partial charge in [-0.25, -0.2) is 4.79 Å². The molecule has 3 aromatic rings. The minimum Gasteiger partial charge on any atom is -0.489 e. The molecule has 0 fully saturated rings. The van der Waals surface area contributed by atoms with E-state index in [-0.39, 0.29) is 11.0 Å². The summed E-state index contributed by atoms with van der Waals surface area (Å²) in [5.41, 5.74) is 4.93. The summed E-state index contributed by atoms with van der Waals surface area (Å²) in [4.78, 5) is 23.1. The first-order valence-corrected chi connectivity index (χ1v) is 11.5. The van der Waals surface area contributed by atoms with E-state index in [1.807, 2.05) is 31.2 Å². The first-order valence-electron chi connectivity index (χ1n) is 11.5. The summed E-state index contributed by atoms with van der Waals surface area (Å²) in [7, 11) is 0. The van der Waals surface area contributed by atoms with Gasteiger partial charge in [0.2, 0.25) is 0 Å². The average molecular weight is 461 g/mol. The van der Waals surface area contributed by atoms with Gasteiger partial charge in [-0.2, -0.15) is 0 Å². The van der Waals surface area contributed by atoms with E-state index in [1.165, 1.54) is 5.56 Å². The van der Waals surface area contributed by atoms with Gasteiger partial charge in [0.1, 0.15) is 12.4 Å². The smallest absolute Gasteiger partial charge is 0.335 e. The van der Waals surface area contributed by atoms with Crippen molar-refractivity contribution in [2.45, 2.75) is 52.6 Å². The van der Waals surface area contributed by atoms with E-state index in [0.717, 1.165) is 22.3 Å². The topological polar surface area (TPSA) is 83.8 Å². The molecule has 0 amide bonds. The number of carbonyl (C=O) groups is 2. The molecule has 0 spiro atoms. The van der Waals surface area contributed by atoms with Gasteiger partial charge in [-0.3, -0.25) is 4.79 Å². The van der Waals surface area contributed by atoms with Crippen molar-refractivity contribution in [3.05, 3.63) is 89.0 Å². The van der Waals surface area contributed by atoms with E-state index in [0.29, 0.717) is 25.2 Å². The predicted molar refractivity (Wildman–Crippen MR) is 133 cm³/mol. The zero-order valence-electron chi connectivity index (χ0n) is 20.2. The molecule has 3 rings (SSSR count). The molecule has 0 aliphatic carbocycles. The highest BCUT2D eigenvalue weighted by Gasteiger charge is 2.19. The molecule has 0 radical (unpaired) electrons. The molecule has 0 saturated carbocycles. The van der Waals surface area contributed by atoms with Crippen LogP contribution in [0.2, 0.25) is 0 Å². The number of hydrogen-bond donors (Lipinski definition) is 2. The van der Waals surface area contributed by atoms with Crippen LogP contribution in [0, 0.1) is 5.92 Å². The molecule has 178 valence electrons. The zero-order valence-corrected chi connectivity index (χ0v) is 20.2. The van der Waals surface area contributed by atoms with Crippen molar-refractivity contribution in [1.29, 1.82) is 0 Å². The molecule has 5 nitrogen and oxygen atoms in total. The van der Waals surface area contributed by atoms with Gasteiger partial charge in [0, 0.05) is 0 Å². The van der Waals surface area contributed by atoms with Crippen LogP contribution in [0.25, 0.3) is 11.1 Å². The van der Waals surface area contributed by atoms with Crippen LogP contribution >= 0.6 is 0 Å². The Labute approximate surface area is 201 Å². The molecule has 0 bridgehead atoms. The van der Waals surface area contributed by atoms with Gasteiger partial charge in [-0.15, -0.1) is 0 Å². The van der Waals surface area contributed by atoms with Gasteiger partial charge < -0.3 is 14.9 Å². The second-order valence-corrected chi connectivity index (χ2v) is 9.59. The monoisotopic (exact) mass is 460 g/mol. The molecule has 1 unspecified atom stereocenters. The summed E-state index contributed by atoms with van der Waals surface area (Å²) in [6.07, 6.45) is 0.832. The van der Waals surface area contributed by atoms with Gasteiger partial charge in [0.25, 0.3) is 0 Å². The van der Waals surface area contributed by atoms with Crippen LogP contribution in [-0.4, -0.2) is 22.2 Å². The van der Waals surface area contributed by atoms with E-state index < -0.39 is 17.9 Å². The number of hydrogen-bond acceptors (Lipinski definition) is 3. The summed E-state index contributed by atoms with van der Waals surface area (Å²) in [6, 6.07) is 20.7. The summed E-state index contributed by atoms with van der Waals surface area (Å²) in [5, 5.41) is 18.9. The molecule has 34 heavy (non-hydrogen) atoms. The van der Waals surface area contributed by atoms with Crippen molar-refractivity contribution in [2.24, 2.45) is 5.92 Å². The number of aromatic carboxylic acids is 1. The molecule has 0 aliphatic heterocycles. The molecule has 0 aliphatic rings. The molecule has 3 aromatic carbocycles. The summed E-state index contributed by atoms with van der Waals surface area (Å²) in [6.45, 7) is 8.74. The second kappa shape index (κ2) is 10.6. The Bertz CT molecular complexity index is 1160. The Morgan fingerprint density at radius 2 is 1.59 bits per heavy atom. The van der Waals surface area contributed by atoms with E-state index in [4.69, 9.17) is 4.74 Å². The third-order valence-electron chi connectivity index (χ3n) is 6.03. The minimum atomic E-state index is -0.989. The van der Waals surface area contributed by atoms with E-state index in [9.17, 15) is 19.8 Å². The van der Waals surface area contributed by atoms with Crippen LogP contribution in [0.1, 0.15) is 61.2 Å². The summed E-state index contributed by atoms with van der Waals surface area (Å²) in [5.74, 6) is -1.73.